The van der Waals surface area contributed by atoms with E-state index in [1.807, 2.05) is 36.4 Å². The minimum atomic E-state index is -0.196. The number of benzene rings is 2. The van der Waals surface area contributed by atoms with Crippen molar-refractivity contribution in [3.63, 3.8) is 0 Å². The molecular formula is C21H24N2O3S. The minimum absolute atomic E-state index is 0.0880. The number of hydrogen-bond acceptors (Lipinski definition) is 4. The van der Waals surface area contributed by atoms with Gasteiger partial charge in [-0.15, -0.1) is 11.8 Å². The van der Waals surface area contributed by atoms with Crippen LogP contribution in [0.2, 0.25) is 0 Å². The Kier molecular flexibility index (Phi) is 7.30. The Labute approximate surface area is 163 Å². The smallest absolute Gasteiger partial charge is 0.253 e. The molecule has 142 valence electrons. The molecule has 0 aliphatic carbocycles. The maximum Gasteiger partial charge on any atom is 0.253 e. The summed E-state index contributed by atoms with van der Waals surface area (Å²) < 4.78 is 5.53. The van der Waals surface area contributed by atoms with Gasteiger partial charge in [-0.2, -0.15) is 0 Å². The Morgan fingerprint density at radius 3 is 2.63 bits per heavy atom. The summed E-state index contributed by atoms with van der Waals surface area (Å²) in [6, 6.07) is 17.1. The fraction of sp³-hybridized carbons (Fsp3) is 0.333. The van der Waals surface area contributed by atoms with Crippen LogP contribution in [0, 0.1) is 0 Å². The lowest BCUT2D eigenvalue weighted by molar-refractivity contribution is -0.113. The van der Waals surface area contributed by atoms with Gasteiger partial charge >= 0.3 is 0 Å². The molecule has 1 aliphatic rings. The zero-order valence-corrected chi connectivity index (χ0v) is 16.0. The van der Waals surface area contributed by atoms with Gasteiger partial charge in [0.05, 0.1) is 23.1 Å². The van der Waals surface area contributed by atoms with E-state index >= 15 is 0 Å². The average molecular weight is 385 g/mol. The van der Waals surface area contributed by atoms with Crippen LogP contribution in [-0.4, -0.2) is 36.8 Å². The van der Waals surface area contributed by atoms with Crippen molar-refractivity contribution in [2.24, 2.45) is 0 Å². The monoisotopic (exact) mass is 384 g/mol. The molecule has 2 aromatic rings. The number of para-hydroxylation sites is 1. The molecule has 6 heteroatoms. The molecule has 0 radical (unpaired) electrons. The van der Waals surface area contributed by atoms with Crippen LogP contribution in [0.3, 0.4) is 0 Å². The summed E-state index contributed by atoms with van der Waals surface area (Å²) in [5, 5.41) is 5.75. The van der Waals surface area contributed by atoms with Crippen molar-refractivity contribution in [3.8, 4) is 0 Å². The SMILES string of the molecule is O=C(CSCc1ccccc1)Nc1ccccc1C(=O)NC[C@H]1CCCO1. The van der Waals surface area contributed by atoms with Gasteiger partial charge in [0.1, 0.15) is 0 Å². The number of amides is 2. The topological polar surface area (TPSA) is 67.4 Å². The van der Waals surface area contributed by atoms with Crippen LogP contribution in [-0.2, 0) is 15.3 Å². The maximum absolute atomic E-state index is 12.5. The van der Waals surface area contributed by atoms with E-state index in [1.54, 1.807) is 30.0 Å². The van der Waals surface area contributed by atoms with Gasteiger partial charge < -0.3 is 15.4 Å². The maximum atomic E-state index is 12.5. The van der Waals surface area contributed by atoms with Crippen LogP contribution >= 0.6 is 11.8 Å². The molecule has 5 nitrogen and oxygen atoms in total. The lowest BCUT2D eigenvalue weighted by atomic mass is 10.1. The van der Waals surface area contributed by atoms with E-state index in [0.29, 0.717) is 23.5 Å². The van der Waals surface area contributed by atoms with E-state index in [0.717, 1.165) is 25.2 Å². The molecular weight excluding hydrogens is 360 g/mol. The standard InChI is InChI=1S/C21H24N2O3S/c24-20(15-27-14-16-7-2-1-3-8-16)23-19-11-5-4-10-18(19)21(25)22-13-17-9-6-12-26-17/h1-5,7-8,10-11,17H,6,9,12-15H2,(H,22,25)(H,23,24)/t17-/m1/s1. The van der Waals surface area contributed by atoms with E-state index < -0.39 is 0 Å². The zero-order valence-electron chi connectivity index (χ0n) is 15.1. The number of hydrogen-bond donors (Lipinski definition) is 2. The molecule has 1 atom stereocenters. The second-order valence-electron chi connectivity index (χ2n) is 6.42. The zero-order chi connectivity index (χ0) is 18.9. The summed E-state index contributed by atoms with van der Waals surface area (Å²) in [5.41, 5.74) is 2.19. The van der Waals surface area contributed by atoms with Crippen LogP contribution in [0.25, 0.3) is 0 Å². The molecule has 0 bridgehead atoms. The Hall–Kier alpha value is -2.31. The van der Waals surface area contributed by atoms with Gasteiger partial charge in [0.25, 0.3) is 5.91 Å². The van der Waals surface area contributed by atoms with E-state index in [-0.39, 0.29) is 17.9 Å². The van der Waals surface area contributed by atoms with Gasteiger partial charge in [0.2, 0.25) is 5.91 Å². The third-order valence-corrected chi connectivity index (χ3v) is 5.31. The van der Waals surface area contributed by atoms with Crippen molar-refractivity contribution in [2.75, 3.05) is 24.2 Å². The molecule has 2 aromatic carbocycles. The first-order valence-corrected chi connectivity index (χ1v) is 10.3. The first-order valence-electron chi connectivity index (χ1n) is 9.13. The highest BCUT2D eigenvalue weighted by molar-refractivity contribution is 7.99. The van der Waals surface area contributed by atoms with Crippen LogP contribution in [0.4, 0.5) is 5.69 Å². The molecule has 0 spiro atoms. The normalized spacial score (nSPS) is 16.1. The van der Waals surface area contributed by atoms with Crippen molar-refractivity contribution in [1.82, 2.24) is 5.32 Å². The van der Waals surface area contributed by atoms with E-state index in [4.69, 9.17) is 4.74 Å². The van der Waals surface area contributed by atoms with Crippen LogP contribution < -0.4 is 10.6 Å². The lowest BCUT2D eigenvalue weighted by Crippen LogP contribution is -2.32. The Morgan fingerprint density at radius 1 is 1.07 bits per heavy atom. The fourth-order valence-corrected chi connectivity index (χ4v) is 3.71. The number of nitrogens with one attached hydrogen (secondary N) is 2. The molecule has 1 heterocycles. The van der Waals surface area contributed by atoms with Gasteiger partial charge in [-0.25, -0.2) is 0 Å². The van der Waals surface area contributed by atoms with E-state index in [2.05, 4.69) is 10.6 Å². The molecule has 1 aliphatic heterocycles. The predicted octanol–water partition coefficient (Wildman–Crippen LogP) is 3.47. The highest BCUT2D eigenvalue weighted by Crippen LogP contribution is 2.17. The average Bonchev–Trinajstić information content (AvgIpc) is 3.21. The van der Waals surface area contributed by atoms with Crippen molar-refractivity contribution >= 4 is 29.3 Å². The molecule has 0 aromatic heterocycles. The van der Waals surface area contributed by atoms with Crippen molar-refractivity contribution in [3.05, 3.63) is 65.7 Å². The summed E-state index contributed by atoms with van der Waals surface area (Å²) >= 11 is 1.55. The fourth-order valence-electron chi connectivity index (χ4n) is 2.92. The minimum Gasteiger partial charge on any atom is -0.376 e. The van der Waals surface area contributed by atoms with Gasteiger partial charge in [0.15, 0.2) is 0 Å². The molecule has 3 rings (SSSR count). The second kappa shape index (κ2) is 10.1. The van der Waals surface area contributed by atoms with Gasteiger partial charge in [-0.3, -0.25) is 9.59 Å². The highest BCUT2D eigenvalue weighted by atomic mass is 32.2. The number of rotatable bonds is 8. The summed E-state index contributed by atoms with van der Waals surface area (Å²) in [6.07, 6.45) is 2.09. The third kappa shape index (κ3) is 6.12. The summed E-state index contributed by atoms with van der Waals surface area (Å²) in [6.45, 7) is 1.25. The summed E-state index contributed by atoms with van der Waals surface area (Å²) in [5.74, 6) is 0.798. The number of carbonyl (C=O) groups is 2. The largest absolute Gasteiger partial charge is 0.376 e. The van der Waals surface area contributed by atoms with Crippen molar-refractivity contribution in [2.45, 2.75) is 24.7 Å². The predicted molar refractivity (Wildman–Crippen MR) is 109 cm³/mol. The molecule has 27 heavy (non-hydrogen) atoms. The first-order chi connectivity index (χ1) is 13.2. The molecule has 0 unspecified atom stereocenters. The van der Waals surface area contributed by atoms with Crippen molar-refractivity contribution < 1.29 is 14.3 Å². The van der Waals surface area contributed by atoms with Gasteiger partial charge in [0, 0.05) is 18.9 Å². The van der Waals surface area contributed by atoms with Crippen LogP contribution in [0.1, 0.15) is 28.8 Å². The van der Waals surface area contributed by atoms with Gasteiger partial charge in [-0.05, 0) is 30.5 Å². The number of carbonyl (C=O) groups excluding carboxylic acids is 2. The molecule has 1 fully saturated rings. The number of thioether (sulfide) groups is 1. The Balaban J connectivity index is 1.50. The Bertz CT molecular complexity index is 761. The van der Waals surface area contributed by atoms with Crippen LogP contribution in [0.5, 0.6) is 0 Å². The quantitative estimate of drug-likeness (QED) is 0.731. The molecule has 1 saturated heterocycles. The molecule has 2 amide bonds. The first kappa shape index (κ1) is 19.5. The van der Waals surface area contributed by atoms with E-state index in [9.17, 15) is 9.59 Å². The number of anilines is 1. The lowest BCUT2D eigenvalue weighted by Gasteiger charge is -2.13. The summed E-state index contributed by atoms with van der Waals surface area (Å²) in [7, 11) is 0. The van der Waals surface area contributed by atoms with Crippen LogP contribution in [0.15, 0.2) is 54.6 Å². The highest BCUT2D eigenvalue weighted by Gasteiger charge is 2.18. The van der Waals surface area contributed by atoms with Crippen molar-refractivity contribution in [1.29, 1.82) is 0 Å². The second-order valence-corrected chi connectivity index (χ2v) is 7.40. The number of ether oxygens (including phenoxy) is 1. The van der Waals surface area contributed by atoms with E-state index in [1.165, 1.54) is 5.56 Å². The Morgan fingerprint density at radius 2 is 1.85 bits per heavy atom. The molecule has 0 saturated carbocycles. The van der Waals surface area contributed by atoms with Gasteiger partial charge in [-0.1, -0.05) is 42.5 Å². The third-order valence-electron chi connectivity index (χ3n) is 4.30. The molecule has 2 N–H and O–H groups in total. The summed E-state index contributed by atoms with van der Waals surface area (Å²) in [4.78, 5) is 24.7.